The van der Waals surface area contributed by atoms with Gasteiger partial charge in [-0.05, 0) is 48.4 Å². The Balaban J connectivity index is 1.41. The van der Waals surface area contributed by atoms with Crippen molar-refractivity contribution in [2.45, 2.75) is 17.9 Å². The Morgan fingerprint density at radius 1 is 0.938 bits per heavy atom. The molecule has 0 aromatic heterocycles. The highest BCUT2D eigenvalue weighted by molar-refractivity contribution is 7.89. The van der Waals surface area contributed by atoms with Gasteiger partial charge in [-0.15, -0.1) is 0 Å². The van der Waals surface area contributed by atoms with Gasteiger partial charge >= 0.3 is 0 Å². The highest BCUT2D eigenvalue weighted by Gasteiger charge is 2.28. The summed E-state index contributed by atoms with van der Waals surface area (Å²) < 4.78 is 45.8. The molecule has 2 aromatic rings. The highest BCUT2D eigenvalue weighted by atomic mass is 32.2. The van der Waals surface area contributed by atoms with Gasteiger partial charge in [0.15, 0.2) is 0 Å². The van der Waals surface area contributed by atoms with Crippen LogP contribution in [0.5, 0.6) is 0 Å². The predicted molar refractivity (Wildman–Crippen MR) is 118 cm³/mol. The fourth-order valence-corrected chi connectivity index (χ4v) is 5.57. The maximum Gasteiger partial charge on any atom is 0.253 e. The van der Waals surface area contributed by atoms with Gasteiger partial charge in [0.05, 0.1) is 18.1 Å². The molecule has 9 heteroatoms. The minimum Gasteiger partial charge on any atom is -0.379 e. The zero-order valence-corrected chi connectivity index (χ0v) is 18.8. The number of morpholine rings is 1. The summed E-state index contributed by atoms with van der Waals surface area (Å²) in [4.78, 5) is 17.2. The molecule has 0 atom stereocenters. The third-order valence-electron chi connectivity index (χ3n) is 5.88. The maximum atomic E-state index is 13.2. The van der Waals surface area contributed by atoms with E-state index in [0.29, 0.717) is 31.6 Å². The third kappa shape index (κ3) is 5.35. The number of sulfonamides is 1. The van der Waals surface area contributed by atoms with Crippen LogP contribution < -0.4 is 0 Å². The van der Waals surface area contributed by atoms with Gasteiger partial charge in [-0.3, -0.25) is 9.69 Å². The van der Waals surface area contributed by atoms with E-state index in [1.807, 2.05) is 24.3 Å². The van der Waals surface area contributed by atoms with Crippen LogP contribution in [0, 0.1) is 5.82 Å². The number of rotatable bonds is 5. The van der Waals surface area contributed by atoms with E-state index in [-0.39, 0.29) is 17.3 Å². The molecule has 0 unspecified atom stereocenters. The van der Waals surface area contributed by atoms with Crippen molar-refractivity contribution < 1.29 is 22.3 Å². The second-order valence-corrected chi connectivity index (χ2v) is 10.0. The lowest BCUT2D eigenvalue weighted by Gasteiger charge is -2.27. The summed E-state index contributed by atoms with van der Waals surface area (Å²) in [7, 11) is -3.73. The molecule has 1 amide bonds. The molecular formula is C23H28FN3O4S. The Bertz CT molecular complexity index is 1040. The van der Waals surface area contributed by atoms with E-state index < -0.39 is 15.8 Å². The summed E-state index contributed by atoms with van der Waals surface area (Å²) in [6.07, 6.45) is 0.541. The first-order valence-corrected chi connectivity index (χ1v) is 12.3. The Hall–Kier alpha value is -2.33. The number of hydrogen-bond donors (Lipinski definition) is 0. The molecule has 0 N–H and O–H groups in total. The van der Waals surface area contributed by atoms with Crippen LogP contribution in [0.15, 0.2) is 53.4 Å². The van der Waals surface area contributed by atoms with Crippen LogP contribution in [0.1, 0.15) is 22.3 Å². The van der Waals surface area contributed by atoms with Crippen molar-refractivity contribution in [2.75, 3.05) is 52.5 Å². The van der Waals surface area contributed by atoms with Crippen LogP contribution in [-0.2, 0) is 21.3 Å². The number of nitrogens with zero attached hydrogens (tertiary/aromatic N) is 3. The predicted octanol–water partition coefficient (Wildman–Crippen LogP) is 2.19. The standard InChI is InChI=1S/C23H28FN3O4S/c24-21-5-7-22(8-6-21)32(29,30)27-10-2-9-26(11-12-27)23(28)20-4-1-3-19(17-20)18-25-13-15-31-16-14-25/h1,3-8,17H,2,9-16,18H2. The zero-order valence-electron chi connectivity index (χ0n) is 18.0. The summed E-state index contributed by atoms with van der Waals surface area (Å²) >= 11 is 0. The van der Waals surface area contributed by atoms with Gasteiger partial charge in [-0.1, -0.05) is 12.1 Å². The Kier molecular flexibility index (Phi) is 7.20. The van der Waals surface area contributed by atoms with E-state index in [1.165, 1.54) is 16.4 Å². The molecule has 2 aliphatic heterocycles. The largest absolute Gasteiger partial charge is 0.379 e. The number of carbonyl (C=O) groups excluding carboxylic acids is 1. The van der Waals surface area contributed by atoms with Crippen molar-refractivity contribution in [1.82, 2.24) is 14.1 Å². The molecule has 2 fully saturated rings. The van der Waals surface area contributed by atoms with Gasteiger partial charge in [0.25, 0.3) is 5.91 Å². The number of hydrogen-bond acceptors (Lipinski definition) is 5. The van der Waals surface area contributed by atoms with Gasteiger partial charge in [-0.2, -0.15) is 4.31 Å². The fraction of sp³-hybridized carbons (Fsp3) is 0.435. The molecule has 0 saturated carbocycles. The summed E-state index contributed by atoms with van der Waals surface area (Å²) in [5.74, 6) is -0.567. The average molecular weight is 462 g/mol. The lowest BCUT2D eigenvalue weighted by Crippen LogP contribution is -2.37. The minimum absolute atomic E-state index is 0.0643. The summed E-state index contributed by atoms with van der Waals surface area (Å²) in [6, 6.07) is 12.5. The molecule has 0 spiro atoms. The van der Waals surface area contributed by atoms with Gasteiger partial charge < -0.3 is 9.64 Å². The molecule has 4 rings (SSSR count). The summed E-state index contributed by atoms with van der Waals surface area (Å²) in [5, 5.41) is 0. The van der Waals surface area contributed by atoms with E-state index in [9.17, 15) is 17.6 Å². The number of carbonyl (C=O) groups is 1. The minimum atomic E-state index is -3.73. The topological polar surface area (TPSA) is 70.2 Å². The molecule has 0 bridgehead atoms. The first kappa shape index (κ1) is 22.8. The van der Waals surface area contributed by atoms with Crippen LogP contribution in [0.25, 0.3) is 0 Å². The molecule has 0 aliphatic carbocycles. The first-order chi connectivity index (χ1) is 15.4. The molecule has 2 saturated heterocycles. The molecule has 0 radical (unpaired) electrons. The zero-order chi connectivity index (χ0) is 22.6. The number of halogens is 1. The number of amides is 1. The average Bonchev–Trinajstić information content (AvgIpc) is 3.07. The maximum absolute atomic E-state index is 13.2. The molecule has 2 aromatic carbocycles. The van der Waals surface area contributed by atoms with Gasteiger partial charge in [0, 0.05) is 51.4 Å². The third-order valence-corrected chi connectivity index (χ3v) is 7.79. The Morgan fingerprint density at radius 3 is 2.44 bits per heavy atom. The van der Waals surface area contributed by atoms with Crippen molar-refractivity contribution in [3.05, 3.63) is 65.5 Å². The Morgan fingerprint density at radius 2 is 1.69 bits per heavy atom. The highest BCUT2D eigenvalue weighted by Crippen LogP contribution is 2.19. The lowest BCUT2D eigenvalue weighted by atomic mass is 10.1. The van der Waals surface area contributed by atoms with Gasteiger partial charge in [-0.25, -0.2) is 12.8 Å². The van der Waals surface area contributed by atoms with E-state index in [4.69, 9.17) is 4.74 Å². The second kappa shape index (κ2) is 10.1. The molecule has 7 nitrogen and oxygen atoms in total. The van der Waals surface area contributed by atoms with Crippen LogP contribution in [0.2, 0.25) is 0 Å². The summed E-state index contributed by atoms with van der Waals surface area (Å²) in [6.45, 7) is 5.31. The van der Waals surface area contributed by atoms with Crippen LogP contribution >= 0.6 is 0 Å². The van der Waals surface area contributed by atoms with Crippen molar-refractivity contribution in [2.24, 2.45) is 0 Å². The van der Waals surface area contributed by atoms with E-state index in [2.05, 4.69) is 4.90 Å². The lowest BCUT2D eigenvalue weighted by molar-refractivity contribution is 0.0341. The second-order valence-electron chi connectivity index (χ2n) is 8.09. The van der Waals surface area contributed by atoms with E-state index in [0.717, 1.165) is 50.5 Å². The monoisotopic (exact) mass is 461 g/mol. The van der Waals surface area contributed by atoms with Crippen LogP contribution in [0.3, 0.4) is 0 Å². The molecule has 2 aliphatic rings. The van der Waals surface area contributed by atoms with Crippen molar-refractivity contribution >= 4 is 15.9 Å². The quantitative estimate of drug-likeness (QED) is 0.683. The Labute approximate surface area is 188 Å². The van der Waals surface area contributed by atoms with Gasteiger partial charge in [0.1, 0.15) is 5.82 Å². The number of ether oxygens (including phenoxy) is 1. The smallest absolute Gasteiger partial charge is 0.253 e. The van der Waals surface area contributed by atoms with Crippen molar-refractivity contribution in [1.29, 1.82) is 0 Å². The van der Waals surface area contributed by atoms with E-state index >= 15 is 0 Å². The summed E-state index contributed by atoms with van der Waals surface area (Å²) in [5.41, 5.74) is 1.69. The van der Waals surface area contributed by atoms with Crippen molar-refractivity contribution in [3.8, 4) is 0 Å². The number of benzene rings is 2. The van der Waals surface area contributed by atoms with Crippen LogP contribution in [-0.4, -0.2) is 80.9 Å². The molecular weight excluding hydrogens is 433 g/mol. The van der Waals surface area contributed by atoms with Gasteiger partial charge in [0.2, 0.25) is 10.0 Å². The SMILES string of the molecule is O=C(c1cccc(CN2CCOCC2)c1)N1CCCN(S(=O)(=O)c2ccc(F)cc2)CC1. The fourth-order valence-electron chi connectivity index (χ4n) is 4.10. The molecule has 172 valence electrons. The normalized spacial score (nSPS) is 19.0. The van der Waals surface area contributed by atoms with Crippen molar-refractivity contribution in [3.63, 3.8) is 0 Å². The first-order valence-electron chi connectivity index (χ1n) is 10.9. The molecule has 32 heavy (non-hydrogen) atoms. The van der Waals surface area contributed by atoms with Crippen LogP contribution in [0.4, 0.5) is 4.39 Å². The van der Waals surface area contributed by atoms with E-state index in [1.54, 1.807) is 4.90 Å². The molecule has 2 heterocycles.